The van der Waals surface area contributed by atoms with E-state index >= 15 is 0 Å². The van der Waals surface area contributed by atoms with Crippen molar-refractivity contribution in [1.29, 1.82) is 0 Å². The van der Waals surface area contributed by atoms with Crippen molar-refractivity contribution in [1.82, 2.24) is 10.2 Å². The summed E-state index contributed by atoms with van der Waals surface area (Å²) in [6, 6.07) is 3.54. The summed E-state index contributed by atoms with van der Waals surface area (Å²) in [5.74, 6) is -1.33. The summed E-state index contributed by atoms with van der Waals surface area (Å²) in [5, 5.41) is 38.7. The van der Waals surface area contributed by atoms with Crippen LogP contribution in [0, 0.1) is 0 Å². The Kier molecular flexibility index (Phi) is 3.42. The second-order valence-corrected chi connectivity index (χ2v) is 3.80. The molecular formula is C11H11N5O4. The third-order valence-corrected chi connectivity index (χ3v) is 2.49. The lowest BCUT2D eigenvalue weighted by molar-refractivity contribution is 0.102. The van der Waals surface area contributed by atoms with Crippen LogP contribution in [0.3, 0.4) is 0 Å². The molecule has 9 heteroatoms. The van der Waals surface area contributed by atoms with Gasteiger partial charge in [-0.3, -0.25) is 9.89 Å². The van der Waals surface area contributed by atoms with E-state index in [0.29, 0.717) is 0 Å². The van der Waals surface area contributed by atoms with Crippen molar-refractivity contribution >= 4 is 17.6 Å². The summed E-state index contributed by atoms with van der Waals surface area (Å²) in [5.41, 5.74) is 5.55. The lowest BCUT2D eigenvalue weighted by atomic mass is 10.1. The smallest absolute Gasteiger partial charge is 0.260 e. The number of carbonyl (C=O) groups excluding carboxylic acids is 1. The Bertz CT molecular complexity index is 679. The van der Waals surface area contributed by atoms with E-state index in [1.54, 1.807) is 0 Å². The average molecular weight is 277 g/mol. The fraction of sp³-hybridized carbons (Fsp3) is 0. The topological polar surface area (TPSA) is 157 Å². The van der Waals surface area contributed by atoms with Crippen LogP contribution in [0.25, 0.3) is 0 Å². The van der Waals surface area contributed by atoms with Crippen molar-refractivity contribution < 1.29 is 20.2 Å². The maximum Gasteiger partial charge on any atom is 0.260 e. The van der Waals surface area contributed by atoms with Gasteiger partial charge < -0.3 is 26.5 Å². The van der Waals surface area contributed by atoms with E-state index in [-0.39, 0.29) is 34.3 Å². The van der Waals surface area contributed by atoms with E-state index in [2.05, 4.69) is 20.7 Å². The van der Waals surface area contributed by atoms with Gasteiger partial charge in [-0.1, -0.05) is 5.16 Å². The van der Waals surface area contributed by atoms with Gasteiger partial charge in [0.2, 0.25) is 0 Å². The molecule has 0 atom stereocenters. The minimum atomic E-state index is -0.654. The Hall–Kier alpha value is -3.23. The number of hydrogen-bond acceptors (Lipinski definition) is 6. The van der Waals surface area contributed by atoms with Crippen LogP contribution in [0.4, 0.5) is 5.82 Å². The Morgan fingerprint density at radius 3 is 2.75 bits per heavy atom. The highest BCUT2D eigenvalue weighted by Crippen LogP contribution is 2.23. The molecule has 1 heterocycles. The molecule has 7 N–H and O–H groups in total. The summed E-state index contributed by atoms with van der Waals surface area (Å²) in [7, 11) is 0. The zero-order chi connectivity index (χ0) is 14.7. The molecule has 0 spiro atoms. The van der Waals surface area contributed by atoms with E-state index in [1.807, 2.05) is 0 Å². The first kappa shape index (κ1) is 13.2. The number of phenols is 2. The van der Waals surface area contributed by atoms with E-state index < -0.39 is 5.91 Å². The molecular weight excluding hydrogens is 266 g/mol. The number of aromatic nitrogens is 2. The second-order valence-electron chi connectivity index (χ2n) is 3.80. The van der Waals surface area contributed by atoms with Gasteiger partial charge in [0.05, 0.1) is 17.3 Å². The fourth-order valence-corrected chi connectivity index (χ4v) is 1.52. The Morgan fingerprint density at radius 2 is 2.10 bits per heavy atom. The van der Waals surface area contributed by atoms with Crippen molar-refractivity contribution in [2.24, 2.45) is 10.9 Å². The van der Waals surface area contributed by atoms with Crippen LogP contribution in [0.15, 0.2) is 29.6 Å². The van der Waals surface area contributed by atoms with Crippen molar-refractivity contribution in [3.8, 4) is 11.5 Å². The molecule has 0 bridgehead atoms. The van der Waals surface area contributed by atoms with Crippen molar-refractivity contribution in [3.63, 3.8) is 0 Å². The molecule has 0 aliphatic heterocycles. The number of benzene rings is 1. The third-order valence-electron chi connectivity index (χ3n) is 2.49. The monoisotopic (exact) mass is 277 g/mol. The van der Waals surface area contributed by atoms with Crippen molar-refractivity contribution in [2.45, 2.75) is 0 Å². The number of carbonyl (C=O) groups is 1. The van der Waals surface area contributed by atoms with Crippen LogP contribution in [-0.4, -0.2) is 37.4 Å². The number of oxime groups is 1. The van der Waals surface area contributed by atoms with Gasteiger partial charge in [-0.25, -0.2) is 0 Å². The predicted octanol–water partition coefficient (Wildman–Crippen LogP) is 0.168. The summed E-state index contributed by atoms with van der Waals surface area (Å²) < 4.78 is 0. The Morgan fingerprint density at radius 1 is 1.35 bits per heavy atom. The molecule has 2 rings (SSSR count). The lowest BCUT2D eigenvalue weighted by Gasteiger charge is -2.06. The maximum atomic E-state index is 12.0. The first-order chi connectivity index (χ1) is 9.52. The minimum Gasteiger partial charge on any atom is -0.508 e. The average Bonchev–Trinajstić information content (AvgIpc) is 2.85. The zero-order valence-electron chi connectivity index (χ0n) is 10.0. The van der Waals surface area contributed by atoms with Gasteiger partial charge >= 0.3 is 0 Å². The number of aromatic amines is 1. The van der Waals surface area contributed by atoms with Crippen LogP contribution in [0.1, 0.15) is 15.9 Å². The predicted molar refractivity (Wildman–Crippen MR) is 68.8 cm³/mol. The number of amidine groups is 1. The number of anilines is 1. The van der Waals surface area contributed by atoms with Gasteiger partial charge in [0, 0.05) is 6.07 Å². The fourth-order valence-electron chi connectivity index (χ4n) is 1.52. The first-order valence-electron chi connectivity index (χ1n) is 5.37. The zero-order valence-corrected chi connectivity index (χ0v) is 10.0. The summed E-state index contributed by atoms with van der Waals surface area (Å²) in [6.07, 6.45) is 1.27. The maximum absolute atomic E-state index is 12.0. The molecule has 0 fully saturated rings. The normalized spacial score (nSPS) is 11.3. The third kappa shape index (κ3) is 2.46. The van der Waals surface area contributed by atoms with Crippen molar-refractivity contribution in [2.75, 3.05) is 5.32 Å². The number of hydrogen-bond donors (Lipinski definition) is 6. The molecule has 0 aliphatic carbocycles. The first-order valence-corrected chi connectivity index (χ1v) is 5.37. The number of H-pyrrole nitrogens is 1. The van der Waals surface area contributed by atoms with Gasteiger partial charge in [-0.15, -0.1) is 0 Å². The quantitative estimate of drug-likeness (QED) is 0.203. The van der Waals surface area contributed by atoms with Gasteiger partial charge in [-0.05, 0) is 12.1 Å². The summed E-state index contributed by atoms with van der Waals surface area (Å²) in [4.78, 5) is 12.0. The Labute approximate surface area is 112 Å². The molecule has 0 radical (unpaired) electrons. The molecule has 1 amide bonds. The molecule has 1 aromatic heterocycles. The number of nitrogens with zero attached hydrogens (tertiary/aromatic N) is 2. The number of phenolic OH excluding ortho intramolecular Hbond substituents is 2. The molecule has 1 aromatic carbocycles. The SMILES string of the molecule is N/C(=N/O)c1cn[nH]c1NC(=O)c1ccc(O)cc1O. The molecule has 0 aliphatic rings. The summed E-state index contributed by atoms with van der Waals surface area (Å²) in [6.45, 7) is 0. The van der Waals surface area contributed by atoms with Gasteiger partial charge in [0.1, 0.15) is 17.3 Å². The van der Waals surface area contributed by atoms with Crippen molar-refractivity contribution in [3.05, 3.63) is 35.5 Å². The molecule has 2 aromatic rings. The highest BCUT2D eigenvalue weighted by Gasteiger charge is 2.16. The molecule has 0 saturated heterocycles. The minimum absolute atomic E-state index is 0.0529. The van der Waals surface area contributed by atoms with Crippen LogP contribution in [0.5, 0.6) is 11.5 Å². The van der Waals surface area contributed by atoms with E-state index in [4.69, 9.17) is 16.0 Å². The Balaban J connectivity index is 2.26. The molecule has 104 valence electrons. The summed E-state index contributed by atoms with van der Waals surface area (Å²) >= 11 is 0. The van der Waals surface area contributed by atoms with E-state index in [0.717, 1.165) is 6.07 Å². The highest BCUT2D eigenvalue weighted by atomic mass is 16.4. The van der Waals surface area contributed by atoms with Crippen LogP contribution >= 0.6 is 0 Å². The number of amides is 1. The molecule has 0 saturated carbocycles. The van der Waals surface area contributed by atoms with Gasteiger partial charge in [0.15, 0.2) is 5.84 Å². The van der Waals surface area contributed by atoms with E-state index in [9.17, 15) is 9.90 Å². The lowest BCUT2D eigenvalue weighted by Crippen LogP contribution is -2.18. The molecule has 0 unspecified atom stereocenters. The number of aromatic hydroxyl groups is 2. The molecule has 20 heavy (non-hydrogen) atoms. The van der Waals surface area contributed by atoms with Gasteiger partial charge in [0.25, 0.3) is 5.91 Å². The van der Waals surface area contributed by atoms with Crippen LogP contribution in [0.2, 0.25) is 0 Å². The number of nitrogens with one attached hydrogen (secondary N) is 2. The largest absolute Gasteiger partial charge is 0.508 e. The number of rotatable bonds is 3. The highest BCUT2D eigenvalue weighted by molar-refractivity contribution is 6.10. The van der Waals surface area contributed by atoms with E-state index in [1.165, 1.54) is 18.3 Å². The second kappa shape index (κ2) is 5.18. The number of nitrogens with two attached hydrogens (primary N) is 1. The van der Waals surface area contributed by atoms with Gasteiger partial charge in [-0.2, -0.15) is 5.10 Å². The van der Waals surface area contributed by atoms with Crippen LogP contribution in [-0.2, 0) is 0 Å². The van der Waals surface area contributed by atoms with Crippen LogP contribution < -0.4 is 11.1 Å². The molecule has 9 nitrogen and oxygen atoms in total. The standard InChI is InChI=1S/C11H11N5O4/c12-9(16-20)7-4-13-15-10(7)14-11(19)6-2-1-5(17)3-8(6)18/h1-4,17-18,20H,(H2,12,16)(H2,13,14,15,19).